The normalized spacial score (nSPS) is 11.4. The quantitative estimate of drug-likeness (QED) is 0.781. The molecule has 0 aliphatic heterocycles. The van der Waals surface area contributed by atoms with E-state index < -0.39 is 0 Å². The molecule has 1 aromatic heterocycles. The predicted octanol–water partition coefficient (Wildman–Crippen LogP) is 4.49. The maximum absolute atomic E-state index is 6.14. The molecule has 0 atom stereocenters. The molecule has 0 unspecified atom stereocenters. The van der Waals surface area contributed by atoms with Crippen LogP contribution in [-0.2, 0) is 5.41 Å². The summed E-state index contributed by atoms with van der Waals surface area (Å²) in [4.78, 5) is 8.98. The molecule has 4 heteroatoms. The van der Waals surface area contributed by atoms with Gasteiger partial charge in [0.05, 0.1) is 17.9 Å². The smallest absolute Gasteiger partial charge is 0.164 e. The van der Waals surface area contributed by atoms with Gasteiger partial charge in [-0.2, -0.15) is 0 Å². The fraction of sp³-hybridized carbons (Fsp3) is 0.375. The first kappa shape index (κ1) is 14.8. The van der Waals surface area contributed by atoms with Crippen LogP contribution >= 0.6 is 11.6 Å². The molecule has 1 aromatic carbocycles. The molecule has 2 rings (SSSR count). The molecule has 0 saturated heterocycles. The topological polar surface area (TPSA) is 35.0 Å². The van der Waals surface area contributed by atoms with Gasteiger partial charge in [0.1, 0.15) is 10.9 Å². The van der Waals surface area contributed by atoms with Crippen LogP contribution in [0.3, 0.4) is 0 Å². The van der Waals surface area contributed by atoms with E-state index in [0.29, 0.717) is 17.6 Å². The van der Waals surface area contributed by atoms with Crippen LogP contribution in [0.2, 0.25) is 5.15 Å². The van der Waals surface area contributed by atoms with Gasteiger partial charge in [-0.05, 0) is 25.1 Å². The van der Waals surface area contributed by atoms with Crippen molar-refractivity contribution < 1.29 is 4.74 Å². The number of hydrogen-bond donors (Lipinski definition) is 0. The Morgan fingerprint density at radius 3 is 2.50 bits per heavy atom. The first-order valence-corrected chi connectivity index (χ1v) is 7.07. The van der Waals surface area contributed by atoms with Gasteiger partial charge in [-0.25, -0.2) is 9.97 Å². The first-order chi connectivity index (χ1) is 9.41. The minimum absolute atomic E-state index is 0.0815. The maximum Gasteiger partial charge on any atom is 0.164 e. The third kappa shape index (κ3) is 3.28. The van der Waals surface area contributed by atoms with Crippen molar-refractivity contribution in [1.82, 2.24) is 9.97 Å². The van der Waals surface area contributed by atoms with Crippen LogP contribution in [0.5, 0.6) is 5.75 Å². The third-order valence-electron chi connectivity index (χ3n) is 2.89. The van der Waals surface area contributed by atoms with Gasteiger partial charge in [-0.3, -0.25) is 0 Å². The summed E-state index contributed by atoms with van der Waals surface area (Å²) in [7, 11) is 0. The van der Waals surface area contributed by atoms with Crippen molar-refractivity contribution in [3.63, 3.8) is 0 Å². The molecule has 20 heavy (non-hydrogen) atoms. The van der Waals surface area contributed by atoms with Crippen LogP contribution in [0.4, 0.5) is 0 Å². The Labute approximate surface area is 125 Å². The van der Waals surface area contributed by atoms with Gasteiger partial charge >= 0.3 is 0 Å². The van der Waals surface area contributed by atoms with E-state index in [-0.39, 0.29) is 5.41 Å². The van der Waals surface area contributed by atoms with Crippen molar-refractivity contribution in [1.29, 1.82) is 0 Å². The lowest BCUT2D eigenvalue weighted by molar-refractivity contribution is 0.341. The summed E-state index contributed by atoms with van der Waals surface area (Å²) >= 11 is 6.14. The van der Waals surface area contributed by atoms with Gasteiger partial charge in [-0.15, -0.1) is 0 Å². The van der Waals surface area contributed by atoms with Crippen LogP contribution in [0, 0.1) is 0 Å². The van der Waals surface area contributed by atoms with Gasteiger partial charge in [0.2, 0.25) is 0 Å². The number of ether oxygens (including phenoxy) is 1. The molecule has 0 amide bonds. The second-order valence-electron chi connectivity index (χ2n) is 5.58. The lowest BCUT2D eigenvalue weighted by Gasteiger charge is -2.19. The van der Waals surface area contributed by atoms with Crippen LogP contribution in [0.1, 0.15) is 33.4 Å². The van der Waals surface area contributed by atoms with E-state index in [2.05, 4.69) is 30.7 Å². The summed E-state index contributed by atoms with van der Waals surface area (Å²) < 4.78 is 5.63. The maximum atomic E-state index is 6.14. The highest BCUT2D eigenvalue weighted by atomic mass is 35.5. The molecule has 0 bridgehead atoms. The fourth-order valence-corrected chi connectivity index (χ4v) is 2.04. The zero-order valence-electron chi connectivity index (χ0n) is 12.3. The van der Waals surface area contributed by atoms with Gasteiger partial charge in [0.15, 0.2) is 5.82 Å². The Morgan fingerprint density at radius 1 is 1.15 bits per heavy atom. The van der Waals surface area contributed by atoms with Crippen LogP contribution < -0.4 is 4.74 Å². The van der Waals surface area contributed by atoms with E-state index >= 15 is 0 Å². The molecule has 2 aromatic rings. The first-order valence-electron chi connectivity index (χ1n) is 6.69. The Kier molecular flexibility index (Phi) is 4.29. The summed E-state index contributed by atoms with van der Waals surface area (Å²) in [6.07, 6.45) is 0. The molecular weight excluding hydrogens is 272 g/mol. The summed E-state index contributed by atoms with van der Waals surface area (Å²) in [5.74, 6) is 1.38. The molecule has 0 aliphatic rings. The minimum Gasteiger partial charge on any atom is -0.493 e. The number of nitrogens with zero attached hydrogens (tertiary/aromatic N) is 2. The Balaban J connectivity index is 2.56. The van der Waals surface area contributed by atoms with Crippen LogP contribution in [0.25, 0.3) is 11.4 Å². The highest BCUT2D eigenvalue weighted by molar-refractivity contribution is 6.29. The lowest BCUT2D eigenvalue weighted by Crippen LogP contribution is -2.14. The number of aromatic nitrogens is 2. The van der Waals surface area contributed by atoms with E-state index in [0.717, 1.165) is 17.0 Å². The predicted molar refractivity (Wildman–Crippen MR) is 82.3 cm³/mol. The average Bonchev–Trinajstić information content (AvgIpc) is 2.38. The minimum atomic E-state index is -0.0815. The van der Waals surface area contributed by atoms with E-state index in [4.69, 9.17) is 16.3 Å². The average molecular weight is 291 g/mol. The zero-order valence-corrected chi connectivity index (χ0v) is 13.0. The lowest BCUT2D eigenvalue weighted by atomic mass is 9.92. The highest BCUT2D eigenvalue weighted by Gasteiger charge is 2.19. The second-order valence-corrected chi connectivity index (χ2v) is 5.97. The molecule has 0 radical (unpaired) electrons. The number of halogens is 1. The second kappa shape index (κ2) is 5.80. The van der Waals surface area contributed by atoms with Crippen molar-refractivity contribution >= 4 is 11.6 Å². The van der Waals surface area contributed by atoms with Gasteiger partial charge < -0.3 is 4.74 Å². The third-order valence-corrected chi connectivity index (χ3v) is 3.08. The number of para-hydroxylation sites is 1. The monoisotopic (exact) mass is 290 g/mol. The van der Waals surface area contributed by atoms with Crippen LogP contribution in [0.15, 0.2) is 30.3 Å². The summed E-state index contributed by atoms with van der Waals surface area (Å²) in [6, 6.07) is 9.56. The summed E-state index contributed by atoms with van der Waals surface area (Å²) in [6.45, 7) is 8.86. The van der Waals surface area contributed by atoms with Gasteiger partial charge in [0.25, 0.3) is 0 Å². The Bertz CT molecular complexity index is 606. The fourth-order valence-electron chi connectivity index (χ4n) is 1.86. The van der Waals surface area contributed by atoms with E-state index in [1.165, 1.54) is 0 Å². The largest absolute Gasteiger partial charge is 0.493 e. The number of benzene rings is 1. The van der Waals surface area contributed by atoms with E-state index in [1.807, 2.05) is 37.3 Å². The SMILES string of the molecule is CCOc1ccccc1-c1nc(Cl)cc(C(C)(C)C)n1. The highest BCUT2D eigenvalue weighted by Crippen LogP contribution is 2.30. The van der Waals surface area contributed by atoms with E-state index in [9.17, 15) is 0 Å². The molecule has 3 nitrogen and oxygen atoms in total. The molecule has 0 fully saturated rings. The van der Waals surface area contributed by atoms with Gasteiger partial charge in [-0.1, -0.05) is 44.5 Å². The van der Waals surface area contributed by atoms with Crippen LogP contribution in [-0.4, -0.2) is 16.6 Å². The van der Waals surface area contributed by atoms with Crippen molar-refractivity contribution in [3.05, 3.63) is 41.2 Å². The number of rotatable bonds is 3. The summed E-state index contributed by atoms with van der Waals surface area (Å²) in [5, 5.41) is 0.450. The number of hydrogen-bond acceptors (Lipinski definition) is 3. The summed E-state index contributed by atoms with van der Waals surface area (Å²) in [5.41, 5.74) is 1.70. The van der Waals surface area contributed by atoms with E-state index in [1.54, 1.807) is 0 Å². The van der Waals surface area contributed by atoms with Crippen molar-refractivity contribution in [2.24, 2.45) is 0 Å². The van der Waals surface area contributed by atoms with Gasteiger partial charge in [0, 0.05) is 5.41 Å². The van der Waals surface area contributed by atoms with Crippen molar-refractivity contribution in [3.8, 4) is 17.1 Å². The standard InChI is InChI=1S/C16H19ClN2O/c1-5-20-12-9-7-6-8-11(12)15-18-13(16(2,3)4)10-14(17)19-15/h6-10H,5H2,1-4H3. The molecule has 0 N–H and O–H groups in total. The molecule has 106 valence electrons. The Hall–Kier alpha value is -1.61. The molecule has 1 heterocycles. The molecule has 0 aliphatic carbocycles. The van der Waals surface area contributed by atoms with Crippen molar-refractivity contribution in [2.75, 3.05) is 6.61 Å². The molecule has 0 saturated carbocycles. The van der Waals surface area contributed by atoms with Crippen molar-refractivity contribution in [2.45, 2.75) is 33.1 Å². The zero-order chi connectivity index (χ0) is 14.8. The molecule has 0 spiro atoms. The molecular formula is C16H19ClN2O. The Morgan fingerprint density at radius 2 is 1.85 bits per heavy atom.